The molecule has 1 saturated carbocycles. The number of benzene rings is 1. The highest BCUT2D eigenvalue weighted by Gasteiger charge is 2.45. The first-order chi connectivity index (χ1) is 28.0. The molecule has 4 saturated heterocycles. The number of likely N-dealkylation sites (tertiary alicyclic amines) is 1. The third kappa shape index (κ3) is 7.77. The molecule has 14 nitrogen and oxygen atoms in total. The maximum absolute atomic E-state index is 14.3. The number of rotatable bonds is 9. The zero-order valence-electron chi connectivity index (χ0n) is 32.4. The first kappa shape index (κ1) is 38.5. The van der Waals surface area contributed by atoms with E-state index in [0.717, 1.165) is 82.5 Å². The number of halogens is 3. The zero-order chi connectivity index (χ0) is 40.1. The smallest absolute Gasteiger partial charge is 0.284 e. The fourth-order valence-electron chi connectivity index (χ4n) is 9.88. The number of carbonyl (C=O) groups is 3. The summed E-state index contributed by atoms with van der Waals surface area (Å²) in [6, 6.07) is 9.50. The van der Waals surface area contributed by atoms with E-state index in [9.17, 15) is 27.6 Å². The van der Waals surface area contributed by atoms with E-state index in [1.54, 1.807) is 21.8 Å². The molecule has 5 aliphatic rings. The second-order valence-corrected chi connectivity index (χ2v) is 17.2. The Labute approximate surface area is 334 Å². The number of anilines is 3. The number of aromatic nitrogens is 5. The summed E-state index contributed by atoms with van der Waals surface area (Å²) in [5.74, 6) is -0.350. The van der Waals surface area contributed by atoms with Crippen LogP contribution >= 0.6 is 0 Å². The van der Waals surface area contributed by atoms with Gasteiger partial charge in [0.15, 0.2) is 11.3 Å². The first-order valence-corrected chi connectivity index (χ1v) is 20.6. The molecule has 9 rings (SSSR count). The summed E-state index contributed by atoms with van der Waals surface area (Å²) in [5.41, 5.74) is 8.24. The number of nitrogens with two attached hydrogens (primary N) is 1. The average Bonchev–Trinajstić information content (AvgIpc) is 3.82. The SMILES string of the molecule is N[C@@H]1C[C@@H](F)CN(c2ccn3ncc(C(=O)Nc4cn(C5CCC(CN6CCC7(CC6)CN(c6cccc(C8CCC(=O)NC8=O)c6)C7)CC5)nc4C(F)F)c3n2)C1. The van der Waals surface area contributed by atoms with Crippen molar-refractivity contribution in [3.8, 4) is 0 Å². The number of nitrogens with zero attached hydrogens (tertiary/aromatic N) is 8. The van der Waals surface area contributed by atoms with Gasteiger partial charge in [-0.15, -0.1) is 0 Å². The molecule has 7 heterocycles. The predicted molar refractivity (Wildman–Crippen MR) is 211 cm³/mol. The maximum atomic E-state index is 14.3. The summed E-state index contributed by atoms with van der Waals surface area (Å²) in [7, 11) is 0. The van der Waals surface area contributed by atoms with E-state index >= 15 is 0 Å². The predicted octanol–water partition coefficient (Wildman–Crippen LogP) is 4.85. The molecule has 4 N–H and O–H groups in total. The fraction of sp³-hybridized carbons (Fsp3) is 0.561. The van der Waals surface area contributed by atoms with E-state index in [2.05, 4.69) is 47.7 Å². The summed E-state index contributed by atoms with van der Waals surface area (Å²) in [4.78, 5) is 48.9. The molecular formula is C41H50F3N11O3. The Morgan fingerprint density at radius 3 is 2.57 bits per heavy atom. The van der Waals surface area contributed by atoms with E-state index in [4.69, 9.17) is 5.73 Å². The molecule has 1 aromatic carbocycles. The number of piperidine rings is 3. The molecule has 17 heteroatoms. The second kappa shape index (κ2) is 15.6. The lowest BCUT2D eigenvalue weighted by atomic mass is 9.71. The van der Waals surface area contributed by atoms with Crippen LogP contribution in [0.3, 0.4) is 0 Å². The summed E-state index contributed by atoms with van der Waals surface area (Å²) < 4.78 is 45.8. The van der Waals surface area contributed by atoms with Crippen LogP contribution in [-0.2, 0) is 9.59 Å². The summed E-state index contributed by atoms with van der Waals surface area (Å²) in [6.45, 7) is 5.70. The van der Waals surface area contributed by atoms with Crippen LogP contribution in [0.4, 0.5) is 30.4 Å². The Balaban J connectivity index is 0.765. The molecule has 5 fully saturated rings. The van der Waals surface area contributed by atoms with Crippen molar-refractivity contribution in [2.75, 3.05) is 60.9 Å². The lowest BCUT2D eigenvalue weighted by Gasteiger charge is -2.55. The lowest BCUT2D eigenvalue weighted by Crippen LogP contribution is -2.60. The van der Waals surface area contributed by atoms with Crippen LogP contribution in [0.5, 0.6) is 0 Å². The minimum absolute atomic E-state index is 0.0428. The summed E-state index contributed by atoms with van der Waals surface area (Å²) >= 11 is 0. The molecule has 4 aromatic rings. The van der Waals surface area contributed by atoms with E-state index in [1.807, 2.05) is 12.1 Å². The van der Waals surface area contributed by atoms with E-state index in [1.165, 1.54) is 16.9 Å². The van der Waals surface area contributed by atoms with Crippen LogP contribution in [0.2, 0.25) is 0 Å². The number of carbonyl (C=O) groups excluding carboxylic acids is 3. The highest BCUT2D eigenvalue weighted by molar-refractivity contribution is 6.08. The number of alkyl halides is 3. The van der Waals surface area contributed by atoms with Gasteiger partial charge in [0.1, 0.15) is 17.6 Å². The van der Waals surface area contributed by atoms with Crippen molar-refractivity contribution in [3.05, 3.63) is 65.7 Å². The normalized spacial score (nSPS) is 26.6. The van der Waals surface area contributed by atoms with Gasteiger partial charge in [-0.1, -0.05) is 12.1 Å². The number of nitrogens with one attached hydrogen (secondary N) is 2. The quantitative estimate of drug-likeness (QED) is 0.200. The van der Waals surface area contributed by atoms with Crippen molar-refractivity contribution < 1.29 is 27.6 Å². The standard InChI is InChI=1S/C41H50F3N11O3/c42-27-17-28(45)21-52(20-27)34-10-13-54-38(48-34)32(18-46-54)40(58)47-33-22-55(50-36(33)37(43)44)29-6-4-25(5-7-29)19-51-14-11-41(12-15-51)23-53(24-41)30-3-1-2-26(16-30)31-8-9-35(56)49-39(31)57/h1-3,10,13,16,18,22,25,27-29,31,37H,4-9,11-12,14-15,17,19-21,23-24,45H2,(H,47,58)(H,49,56,57)/t25?,27-,28-,29?,31?/m1/s1. The van der Waals surface area contributed by atoms with Gasteiger partial charge in [-0.2, -0.15) is 10.2 Å². The van der Waals surface area contributed by atoms with Crippen LogP contribution < -0.4 is 26.2 Å². The number of fused-ring (bicyclic) bond motifs is 1. The zero-order valence-corrected chi connectivity index (χ0v) is 32.4. The topological polar surface area (TPSA) is 159 Å². The van der Waals surface area contributed by atoms with E-state index in [-0.39, 0.29) is 59.7 Å². The Morgan fingerprint density at radius 2 is 1.83 bits per heavy atom. The molecule has 308 valence electrons. The van der Waals surface area contributed by atoms with Crippen LogP contribution in [0.1, 0.15) is 97.8 Å². The van der Waals surface area contributed by atoms with Crippen molar-refractivity contribution in [1.29, 1.82) is 0 Å². The van der Waals surface area contributed by atoms with Gasteiger partial charge in [0.2, 0.25) is 11.8 Å². The van der Waals surface area contributed by atoms with Crippen molar-refractivity contribution in [2.24, 2.45) is 17.1 Å². The minimum Gasteiger partial charge on any atom is -0.370 e. The number of amides is 3. The third-order valence-corrected chi connectivity index (χ3v) is 13.1. The molecule has 3 amide bonds. The highest BCUT2D eigenvalue weighted by Crippen LogP contribution is 2.44. The number of hydrogen-bond donors (Lipinski definition) is 3. The largest absolute Gasteiger partial charge is 0.370 e. The van der Waals surface area contributed by atoms with E-state index < -0.39 is 24.2 Å². The fourth-order valence-corrected chi connectivity index (χ4v) is 9.88. The van der Waals surface area contributed by atoms with Crippen molar-refractivity contribution in [3.63, 3.8) is 0 Å². The Kier molecular flexibility index (Phi) is 10.4. The maximum Gasteiger partial charge on any atom is 0.284 e. The Bertz CT molecular complexity index is 2160. The van der Waals surface area contributed by atoms with Gasteiger partial charge in [0.25, 0.3) is 12.3 Å². The molecule has 3 aromatic heterocycles. The highest BCUT2D eigenvalue weighted by atomic mass is 19.3. The molecular weight excluding hydrogens is 752 g/mol. The number of hydrogen-bond acceptors (Lipinski definition) is 10. The molecule has 3 atom stereocenters. The van der Waals surface area contributed by atoms with Gasteiger partial charge in [-0.3, -0.25) is 24.4 Å². The molecule has 58 heavy (non-hydrogen) atoms. The van der Waals surface area contributed by atoms with Crippen LogP contribution in [-0.4, -0.2) is 105 Å². The van der Waals surface area contributed by atoms with Gasteiger partial charge < -0.3 is 25.8 Å². The molecule has 1 spiro atoms. The summed E-state index contributed by atoms with van der Waals surface area (Å²) in [6.07, 6.45) is 7.54. The van der Waals surface area contributed by atoms with Crippen molar-refractivity contribution >= 4 is 40.6 Å². The lowest BCUT2D eigenvalue weighted by molar-refractivity contribution is -0.134. The Morgan fingerprint density at radius 1 is 1.03 bits per heavy atom. The molecule has 0 radical (unpaired) electrons. The Hall–Kier alpha value is -5.03. The minimum atomic E-state index is -2.88. The van der Waals surface area contributed by atoms with Gasteiger partial charge in [-0.25, -0.2) is 22.7 Å². The average molecular weight is 802 g/mol. The molecule has 1 unspecified atom stereocenters. The van der Waals surface area contributed by atoms with Crippen molar-refractivity contribution in [1.82, 2.24) is 34.6 Å². The van der Waals surface area contributed by atoms with Crippen LogP contribution in [0.25, 0.3) is 5.65 Å². The van der Waals surface area contributed by atoms with Crippen LogP contribution in [0, 0.1) is 11.3 Å². The third-order valence-electron chi connectivity index (χ3n) is 13.1. The first-order valence-electron chi connectivity index (χ1n) is 20.6. The van der Waals surface area contributed by atoms with E-state index in [0.29, 0.717) is 36.5 Å². The van der Waals surface area contributed by atoms with Gasteiger partial charge in [0.05, 0.1) is 30.4 Å². The number of imide groups is 1. The molecule has 4 aliphatic heterocycles. The van der Waals surface area contributed by atoms with Crippen molar-refractivity contribution in [2.45, 2.75) is 88.4 Å². The second-order valence-electron chi connectivity index (χ2n) is 17.2. The molecule has 1 aliphatic carbocycles. The summed E-state index contributed by atoms with van der Waals surface area (Å²) in [5, 5.41) is 13.6. The van der Waals surface area contributed by atoms with Gasteiger partial charge in [-0.05, 0) is 94.1 Å². The monoisotopic (exact) mass is 801 g/mol. The van der Waals surface area contributed by atoms with Crippen LogP contribution in [0.15, 0.2) is 48.9 Å². The van der Waals surface area contributed by atoms with Gasteiger partial charge in [0, 0.05) is 62.1 Å². The molecule has 0 bridgehead atoms. The van der Waals surface area contributed by atoms with Gasteiger partial charge >= 0.3 is 0 Å².